The average Bonchev–Trinajstić information content (AvgIpc) is 2.66. The van der Waals surface area contributed by atoms with Crippen LogP contribution in [0.3, 0.4) is 0 Å². The van der Waals surface area contributed by atoms with Gasteiger partial charge >= 0.3 is 5.69 Å². The number of aromatic nitrogens is 2. The van der Waals surface area contributed by atoms with E-state index in [-0.39, 0.29) is 17.3 Å². The molecule has 0 amide bonds. The van der Waals surface area contributed by atoms with Crippen molar-refractivity contribution < 1.29 is 9.66 Å². The van der Waals surface area contributed by atoms with Gasteiger partial charge in [-0.05, 0) is 49.4 Å². The molecule has 28 heavy (non-hydrogen) atoms. The largest absolute Gasteiger partial charge is 0.494 e. The molecule has 0 saturated heterocycles. The van der Waals surface area contributed by atoms with Crippen LogP contribution in [-0.2, 0) is 0 Å². The van der Waals surface area contributed by atoms with Crippen LogP contribution in [0.1, 0.15) is 6.92 Å². The predicted octanol–water partition coefficient (Wildman–Crippen LogP) is 5.58. The minimum absolute atomic E-state index is 0.0161. The molecule has 0 fully saturated rings. The lowest BCUT2D eigenvalue weighted by Gasteiger charge is -2.11. The lowest BCUT2D eigenvalue weighted by molar-refractivity contribution is -0.383. The highest BCUT2D eigenvalue weighted by atomic mass is 35.5. The van der Waals surface area contributed by atoms with Crippen LogP contribution in [0.25, 0.3) is 0 Å². The monoisotopic (exact) mass is 419 g/mol. The van der Waals surface area contributed by atoms with Gasteiger partial charge in [0.25, 0.3) is 0 Å². The number of nitrogens with one attached hydrogen (secondary N) is 2. The molecule has 0 bridgehead atoms. The van der Waals surface area contributed by atoms with Crippen molar-refractivity contribution in [1.82, 2.24) is 9.97 Å². The number of anilines is 4. The molecule has 2 aromatic carbocycles. The van der Waals surface area contributed by atoms with Crippen LogP contribution >= 0.6 is 23.2 Å². The molecule has 0 atom stereocenters. The summed E-state index contributed by atoms with van der Waals surface area (Å²) in [5.41, 5.74) is 0.674. The highest BCUT2D eigenvalue weighted by Gasteiger charge is 2.24. The molecule has 2 N–H and O–H groups in total. The Labute approximate surface area is 170 Å². The molecule has 0 radical (unpaired) electrons. The first-order valence-electron chi connectivity index (χ1n) is 8.19. The quantitative estimate of drug-likeness (QED) is 0.380. The fourth-order valence-electron chi connectivity index (χ4n) is 2.39. The normalized spacial score (nSPS) is 10.4. The number of benzene rings is 2. The fraction of sp³-hybridized carbons (Fsp3) is 0.111. The van der Waals surface area contributed by atoms with Gasteiger partial charge in [0.1, 0.15) is 12.1 Å². The molecule has 10 heteroatoms. The van der Waals surface area contributed by atoms with E-state index >= 15 is 0 Å². The number of ether oxygens (including phenoxy) is 1. The Bertz CT molecular complexity index is 999. The molecule has 0 unspecified atom stereocenters. The van der Waals surface area contributed by atoms with Gasteiger partial charge in [-0.3, -0.25) is 10.1 Å². The average molecular weight is 420 g/mol. The molecule has 0 aliphatic carbocycles. The van der Waals surface area contributed by atoms with Crippen molar-refractivity contribution in [3.63, 3.8) is 0 Å². The third-order valence-corrected chi connectivity index (χ3v) is 4.18. The van der Waals surface area contributed by atoms with Gasteiger partial charge in [-0.15, -0.1) is 0 Å². The van der Waals surface area contributed by atoms with E-state index in [0.29, 0.717) is 33.8 Å². The highest BCUT2D eigenvalue weighted by molar-refractivity contribution is 6.35. The van der Waals surface area contributed by atoms with Gasteiger partial charge in [0.15, 0.2) is 0 Å². The highest BCUT2D eigenvalue weighted by Crippen LogP contribution is 2.35. The zero-order valence-corrected chi connectivity index (χ0v) is 16.2. The van der Waals surface area contributed by atoms with Crippen LogP contribution in [0, 0.1) is 10.1 Å². The van der Waals surface area contributed by atoms with Gasteiger partial charge in [-0.25, -0.2) is 9.97 Å². The number of nitrogens with zero attached hydrogens (tertiary/aromatic N) is 3. The molecule has 144 valence electrons. The van der Waals surface area contributed by atoms with Crippen LogP contribution in [-0.4, -0.2) is 21.5 Å². The lowest BCUT2D eigenvalue weighted by Crippen LogP contribution is -2.05. The Morgan fingerprint density at radius 3 is 2.39 bits per heavy atom. The maximum Gasteiger partial charge on any atom is 0.353 e. The van der Waals surface area contributed by atoms with Crippen LogP contribution in [0.4, 0.5) is 28.7 Å². The van der Waals surface area contributed by atoms with E-state index in [2.05, 4.69) is 20.6 Å². The molecule has 0 saturated carbocycles. The Kier molecular flexibility index (Phi) is 6.13. The zero-order valence-electron chi connectivity index (χ0n) is 14.6. The minimum Gasteiger partial charge on any atom is -0.494 e. The summed E-state index contributed by atoms with van der Waals surface area (Å²) in [7, 11) is 0. The number of halogens is 2. The van der Waals surface area contributed by atoms with Crippen LogP contribution in [0.5, 0.6) is 5.75 Å². The molecule has 1 heterocycles. The van der Waals surface area contributed by atoms with Gasteiger partial charge in [0, 0.05) is 10.7 Å². The first-order valence-corrected chi connectivity index (χ1v) is 8.95. The van der Waals surface area contributed by atoms with Crippen LogP contribution in [0.2, 0.25) is 10.0 Å². The maximum absolute atomic E-state index is 11.7. The van der Waals surface area contributed by atoms with Crippen molar-refractivity contribution in [3.8, 4) is 5.75 Å². The third kappa shape index (κ3) is 4.59. The van der Waals surface area contributed by atoms with Gasteiger partial charge < -0.3 is 15.4 Å². The first-order chi connectivity index (χ1) is 13.5. The van der Waals surface area contributed by atoms with Crippen molar-refractivity contribution in [2.45, 2.75) is 6.92 Å². The second kappa shape index (κ2) is 8.73. The van der Waals surface area contributed by atoms with Crippen LogP contribution in [0.15, 0.2) is 48.8 Å². The summed E-state index contributed by atoms with van der Waals surface area (Å²) in [5, 5.41) is 18.2. The number of hydrogen-bond acceptors (Lipinski definition) is 7. The molecule has 0 spiro atoms. The van der Waals surface area contributed by atoms with E-state index in [1.54, 1.807) is 42.5 Å². The van der Waals surface area contributed by atoms with E-state index in [4.69, 9.17) is 27.9 Å². The molecule has 0 aliphatic rings. The summed E-state index contributed by atoms with van der Waals surface area (Å²) >= 11 is 12.1. The van der Waals surface area contributed by atoms with E-state index in [9.17, 15) is 10.1 Å². The fourth-order valence-corrected chi connectivity index (χ4v) is 2.73. The molecule has 3 rings (SSSR count). The van der Waals surface area contributed by atoms with Crippen molar-refractivity contribution in [2.24, 2.45) is 0 Å². The summed E-state index contributed by atoms with van der Waals surface area (Å²) in [6, 6.07) is 11.7. The Morgan fingerprint density at radius 2 is 1.75 bits per heavy atom. The van der Waals surface area contributed by atoms with Gasteiger partial charge in [-0.2, -0.15) is 0 Å². The Balaban J connectivity index is 1.93. The number of rotatable bonds is 7. The summed E-state index contributed by atoms with van der Waals surface area (Å²) in [5.74, 6) is 0.714. The second-order valence-corrected chi connectivity index (χ2v) is 6.35. The molecule has 1 aromatic heterocycles. The van der Waals surface area contributed by atoms with Gasteiger partial charge in [-0.1, -0.05) is 23.2 Å². The number of nitro groups is 1. The SMILES string of the molecule is CCOc1ccc(Nc2ncnc(Nc3cc(Cl)ccc3Cl)c2[N+](=O)[O-])cc1. The third-order valence-electron chi connectivity index (χ3n) is 3.61. The van der Waals surface area contributed by atoms with E-state index in [0.717, 1.165) is 0 Å². The molecular weight excluding hydrogens is 405 g/mol. The Morgan fingerprint density at radius 1 is 1.07 bits per heavy atom. The standard InChI is InChI=1S/C18H15Cl2N5O3/c1-2-28-13-6-4-12(5-7-13)23-17-16(25(26)27)18(22-10-21-17)24-15-9-11(19)3-8-14(15)20/h3-10H,2H2,1H3,(H2,21,22,23,24). The topological polar surface area (TPSA) is 102 Å². The van der Waals surface area contributed by atoms with E-state index < -0.39 is 4.92 Å². The first kappa shape index (κ1) is 19.7. The van der Waals surface area contributed by atoms with Crippen molar-refractivity contribution >= 4 is 51.9 Å². The zero-order chi connectivity index (χ0) is 20.1. The molecule has 3 aromatic rings. The minimum atomic E-state index is -0.572. The van der Waals surface area contributed by atoms with Gasteiger partial charge in [0.05, 0.1) is 22.2 Å². The van der Waals surface area contributed by atoms with Crippen molar-refractivity contribution in [1.29, 1.82) is 0 Å². The summed E-state index contributed by atoms with van der Waals surface area (Å²) < 4.78 is 5.38. The predicted molar refractivity (Wildman–Crippen MR) is 109 cm³/mol. The van der Waals surface area contributed by atoms with Crippen molar-refractivity contribution in [3.05, 3.63) is 69.0 Å². The van der Waals surface area contributed by atoms with E-state index in [1.807, 2.05) is 6.92 Å². The van der Waals surface area contributed by atoms with E-state index in [1.165, 1.54) is 6.33 Å². The van der Waals surface area contributed by atoms with Crippen LogP contribution < -0.4 is 15.4 Å². The lowest BCUT2D eigenvalue weighted by atomic mass is 10.3. The maximum atomic E-state index is 11.7. The summed E-state index contributed by atoms with van der Waals surface area (Å²) in [6.45, 7) is 2.43. The van der Waals surface area contributed by atoms with Gasteiger partial charge in [0.2, 0.25) is 11.6 Å². The molecule has 0 aliphatic heterocycles. The second-order valence-electron chi connectivity index (χ2n) is 5.51. The summed E-state index contributed by atoms with van der Waals surface area (Å²) in [4.78, 5) is 19.1. The molecular formula is C18H15Cl2N5O3. The van der Waals surface area contributed by atoms with Crippen molar-refractivity contribution in [2.75, 3.05) is 17.2 Å². The smallest absolute Gasteiger partial charge is 0.353 e. The Hall–Kier alpha value is -3.10. The molecule has 8 nitrogen and oxygen atoms in total. The summed E-state index contributed by atoms with van der Waals surface area (Å²) in [6.07, 6.45) is 1.21. The number of hydrogen-bond donors (Lipinski definition) is 2.